The third kappa shape index (κ3) is 7.73. The Bertz CT molecular complexity index is 1850. The highest BCUT2D eigenvalue weighted by molar-refractivity contribution is 7.91. The van der Waals surface area contributed by atoms with Crippen LogP contribution in [-0.4, -0.2) is 27.5 Å². The van der Waals surface area contributed by atoms with Crippen molar-refractivity contribution in [3.05, 3.63) is 138 Å². The summed E-state index contributed by atoms with van der Waals surface area (Å²) in [5, 5.41) is 0. The van der Waals surface area contributed by atoms with Crippen LogP contribution in [0, 0.1) is 6.92 Å². The van der Waals surface area contributed by atoms with Crippen molar-refractivity contribution in [3.63, 3.8) is 0 Å². The summed E-state index contributed by atoms with van der Waals surface area (Å²) in [4.78, 5) is 24.0. The van der Waals surface area contributed by atoms with E-state index in [1.165, 1.54) is 12.1 Å². The van der Waals surface area contributed by atoms with Gasteiger partial charge in [0.2, 0.25) is 9.84 Å². The lowest BCUT2D eigenvalue weighted by molar-refractivity contribution is -0.139. The van der Waals surface area contributed by atoms with Gasteiger partial charge in [0.15, 0.2) is 0 Å². The molecule has 0 amide bonds. The highest BCUT2D eigenvalue weighted by atomic mass is 32.2. The molecule has 4 rings (SSSR count). The Labute approximate surface area is 269 Å². The van der Waals surface area contributed by atoms with E-state index in [2.05, 4.69) is 13.2 Å². The molecular formula is C37H36O8S. The highest BCUT2D eigenvalue weighted by Crippen LogP contribution is 2.38. The number of rotatable bonds is 13. The van der Waals surface area contributed by atoms with Gasteiger partial charge in [-0.15, -0.1) is 0 Å². The van der Waals surface area contributed by atoms with E-state index in [1.807, 2.05) is 51.1 Å². The number of methoxy groups -OCH3 is 1. The minimum absolute atomic E-state index is 0.0125. The summed E-state index contributed by atoms with van der Waals surface area (Å²) in [5.41, 5.74) is 3.51. The molecule has 0 aliphatic heterocycles. The first-order chi connectivity index (χ1) is 21.9. The van der Waals surface area contributed by atoms with Gasteiger partial charge in [-0.25, -0.2) is 18.0 Å². The zero-order chi connectivity index (χ0) is 33.5. The molecule has 4 aromatic carbocycles. The maximum absolute atomic E-state index is 13.1. The molecule has 0 N–H and O–H groups in total. The fourth-order valence-corrected chi connectivity index (χ4v) is 5.97. The molecule has 238 valence electrons. The van der Waals surface area contributed by atoms with Gasteiger partial charge in [0.1, 0.15) is 30.5 Å². The van der Waals surface area contributed by atoms with Gasteiger partial charge in [-0.05, 0) is 78.7 Å². The van der Waals surface area contributed by atoms with Crippen LogP contribution >= 0.6 is 0 Å². The number of ether oxygens (including phenoxy) is 4. The van der Waals surface area contributed by atoms with E-state index in [0.717, 1.165) is 28.8 Å². The number of aryl methyl sites for hydroxylation is 1. The SMILES string of the molecule is C=CC(=O)OCc1cc(C(C)(C)c2ccc(Oc3ccc(S(=O)(=O)c4ccc(C)cc4)cc3)c(COC(=O)C=C)c2)ccc1OC. The first-order valence-corrected chi connectivity index (χ1v) is 15.9. The van der Waals surface area contributed by atoms with Gasteiger partial charge in [0.25, 0.3) is 0 Å². The van der Waals surface area contributed by atoms with Crippen molar-refractivity contribution >= 4 is 21.8 Å². The average Bonchev–Trinajstić information content (AvgIpc) is 3.06. The summed E-state index contributed by atoms with van der Waals surface area (Å²) < 4.78 is 48.5. The van der Waals surface area contributed by atoms with Crippen LogP contribution in [-0.2, 0) is 47.5 Å². The fourth-order valence-electron chi connectivity index (χ4n) is 4.71. The molecular weight excluding hydrogens is 604 g/mol. The van der Waals surface area contributed by atoms with Crippen LogP contribution in [0.4, 0.5) is 0 Å². The molecule has 0 aromatic heterocycles. The summed E-state index contributed by atoms with van der Waals surface area (Å²) in [7, 11) is -2.15. The second-order valence-corrected chi connectivity index (χ2v) is 12.9. The third-order valence-electron chi connectivity index (χ3n) is 7.55. The van der Waals surface area contributed by atoms with Gasteiger partial charge < -0.3 is 18.9 Å². The van der Waals surface area contributed by atoms with Crippen molar-refractivity contribution in [1.82, 2.24) is 0 Å². The summed E-state index contributed by atoms with van der Waals surface area (Å²) in [6.07, 6.45) is 2.19. The Balaban J connectivity index is 1.65. The van der Waals surface area contributed by atoms with Crippen LogP contribution in [0.5, 0.6) is 17.2 Å². The topological polar surface area (TPSA) is 105 Å². The maximum Gasteiger partial charge on any atom is 0.330 e. The second-order valence-electron chi connectivity index (χ2n) is 11.0. The molecule has 0 spiro atoms. The average molecular weight is 641 g/mol. The van der Waals surface area contributed by atoms with E-state index >= 15 is 0 Å². The quantitative estimate of drug-likeness (QED) is 0.110. The summed E-state index contributed by atoms with van der Waals surface area (Å²) in [6, 6.07) is 24.1. The zero-order valence-electron chi connectivity index (χ0n) is 26.2. The number of sulfone groups is 1. The number of carbonyl (C=O) groups is 2. The van der Waals surface area contributed by atoms with Crippen LogP contribution in [0.1, 0.15) is 41.7 Å². The maximum atomic E-state index is 13.1. The van der Waals surface area contributed by atoms with Crippen molar-refractivity contribution in [2.75, 3.05) is 7.11 Å². The molecule has 0 saturated heterocycles. The Kier molecular flexibility index (Phi) is 10.5. The first-order valence-electron chi connectivity index (χ1n) is 14.4. The molecule has 9 heteroatoms. The number of hydrogen-bond acceptors (Lipinski definition) is 8. The molecule has 46 heavy (non-hydrogen) atoms. The van der Waals surface area contributed by atoms with E-state index in [1.54, 1.807) is 49.6 Å². The van der Waals surface area contributed by atoms with Crippen LogP contribution in [0.2, 0.25) is 0 Å². The van der Waals surface area contributed by atoms with Gasteiger partial charge in [0, 0.05) is 28.7 Å². The number of benzene rings is 4. The van der Waals surface area contributed by atoms with Crippen LogP contribution < -0.4 is 9.47 Å². The van der Waals surface area contributed by atoms with Crippen molar-refractivity contribution in [3.8, 4) is 17.2 Å². The van der Waals surface area contributed by atoms with E-state index in [0.29, 0.717) is 28.4 Å². The summed E-state index contributed by atoms with van der Waals surface area (Å²) >= 11 is 0. The highest BCUT2D eigenvalue weighted by Gasteiger charge is 2.26. The van der Waals surface area contributed by atoms with Crippen molar-refractivity contribution in [2.24, 2.45) is 0 Å². The normalized spacial score (nSPS) is 11.3. The monoisotopic (exact) mass is 640 g/mol. The second kappa shape index (κ2) is 14.3. The first kappa shape index (κ1) is 33.7. The molecule has 0 aliphatic rings. The van der Waals surface area contributed by atoms with Gasteiger partial charge in [-0.2, -0.15) is 0 Å². The van der Waals surface area contributed by atoms with Gasteiger partial charge in [0.05, 0.1) is 16.9 Å². The third-order valence-corrected chi connectivity index (χ3v) is 9.34. The lowest BCUT2D eigenvalue weighted by Gasteiger charge is -2.28. The predicted octanol–water partition coefficient (Wildman–Crippen LogP) is 7.41. The molecule has 0 saturated carbocycles. The number of esters is 2. The van der Waals surface area contributed by atoms with Crippen molar-refractivity contribution < 1.29 is 37.0 Å². The summed E-state index contributed by atoms with van der Waals surface area (Å²) in [5.74, 6) is 0.283. The Hall–Kier alpha value is -5.15. The van der Waals surface area contributed by atoms with Gasteiger partial charge in [-0.1, -0.05) is 56.8 Å². The van der Waals surface area contributed by atoms with Crippen LogP contribution in [0.25, 0.3) is 0 Å². The molecule has 0 bridgehead atoms. The van der Waals surface area contributed by atoms with Crippen LogP contribution in [0.3, 0.4) is 0 Å². The molecule has 8 nitrogen and oxygen atoms in total. The van der Waals surface area contributed by atoms with E-state index in [4.69, 9.17) is 18.9 Å². The smallest absolute Gasteiger partial charge is 0.330 e. The molecule has 0 atom stereocenters. The molecule has 4 aromatic rings. The largest absolute Gasteiger partial charge is 0.496 e. The van der Waals surface area contributed by atoms with Crippen molar-refractivity contribution in [1.29, 1.82) is 0 Å². The number of hydrogen-bond donors (Lipinski definition) is 0. The molecule has 0 heterocycles. The Morgan fingerprint density at radius 3 is 1.65 bits per heavy atom. The fraction of sp³-hybridized carbons (Fsp3) is 0.189. The predicted molar refractivity (Wildman–Crippen MR) is 175 cm³/mol. The van der Waals surface area contributed by atoms with Gasteiger partial charge >= 0.3 is 11.9 Å². The lowest BCUT2D eigenvalue weighted by atomic mass is 9.77. The molecule has 0 radical (unpaired) electrons. The molecule has 0 fully saturated rings. The summed E-state index contributed by atoms with van der Waals surface area (Å²) in [6.45, 7) is 12.8. The van der Waals surface area contributed by atoms with Crippen molar-refractivity contribution in [2.45, 2.75) is 49.2 Å². The standard InChI is InChI=1S/C37H36O8S/c1-7-35(38)43-23-26-21-28(11-19-33(26)42-6)37(4,5)29-12-20-34(27(22-29)24-44-36(39)8-2)45-30-13-17-32(18-14-30)46(40,41)31-15-9-25(3)10-16-31/h7-22H,1-2,23-24H2,3-6H3. The number of carbonyl (C=O) groups excluding carboxylic acids is 2. The Morgan fingerprint density at radius 1 is 0.717 bits per heavy atom. The Morgan fingerprint density at radius 2 is 1.17 bits per heavy atom. The molecule has 0 unspecified atom stereocenters. The minimum Gasteiger partial charge on any atom is -0.496 e. The molecule has 0 aliphatic carbocycles. The van der Waals surface area contributed by atoms with E-state index < -0.39 is 27.2 Å². The zero-order valence-corrected chi connectivity index (χ0v) is 27.1. The minimum atomic E-state index is -3.70. The van der Waals surface area contributed by atoms with E-state index in [9.17, 15) is 18.0 Å². The van der Waals surface area contributed by atoms with Crippen LogP contribution in [0.15, 0.2) is 120 Å². The lowest BCUT2D eigenvalue weighted by Crippen LogP contribution is -2.20. The van der Waals surface area contributed by atoms with E-state index in [-0.39, 0.29) is 23.0 Å². The van der Waals surface area contributed by atoms with Gasteiger partial charge in [-0.3, -0.25) is 0 Å².